The van der Waals surface area contributed by atoms with Gasteiger partial charge in [-0.15, -0.1) is 0 Å². The minimum atomic E-state index is -0.449. The van der Waals surface area contributed by atoms with Crippen molar-refractivity contribution in [3.05, 3.63) is 35.9 Å². The van der Waals surface area contributed by atoms with Crippen molar-refractivity contribution < 1.29 is 19.2 Å². The van der Waals surface area contributed by atoms with Crippen LogP contribution in [0.3, 0.4) is 0 Å². The van der Waals surface area contributed by atoms with Gasteiger partial charge in [-0.1, -0.05) is 30.3 Å². The Morgan fingerprint density at radius 1 is 1.26 bits per heavy atom. The van der Waals surface area contributed by atoms with Crippen LogP contribution in [0.5, 0.6) is 0 Å². The zero-order valence-electron chi connectivity index (χ0n) is 13.4. The summed E-state index contributed by atoms with van der Waals surface area (Å²) in [5, 5.41) is 1.47. The van der Waals surface area contributed by atoms with Crippen LogP contribution in [-0.2, 0) is 25.7 Å². The number of piperidine rings is 1. The summed E-state index contributed by atoms with van der Waals surface area (Å²) in [6.45, 7) is 1.78. The average Bonchev–Trinajstić information content (AvgIpc) is 2.84. The van der Waals surface area contributed by atoms with Gasteiger partial charge in [-0.3, -0.25) is 14.4 Å². The fourth-order valence-electron chi connectivity index (χ4n) is 3.20. The van der Waals surface area contributed by atoms with E-state index in [1.165, 1.54) is 12.2 Å². The second-order valence-electron chi connectivity index (χ2n) is 6.18. The van der Waals surface area contributed by atoms with Gasteiger partial charge in [0.2, 0.25) is 11.8 Å². The van der Waals surface area contributed by atoms with Crippen LogP contribution in [-0.4, -0.2) is 54.2 Å². The molecule has 1 spiro atoms. The van der Waals surface area contributed by atoms with Gasteiger partial charge in [0, 0.05) is 20.2 Å². The summed E-state index contributed by atoms with van der Waals surface area (Å²) < 4.78 is 4.89. The van der Waals surface area contributed by atoms with Crippen molar-refractivity contribution in [3.8, 4) is 0 Å². The van der Waals surface area contributed by atoms with E-state index in [4.69, 9.17) is 9.57 Å². The molecule has 2 fully saturated rings. The standard InChI is InChI=1S/C17H22N2O4/c1-22-13-16(21)18-9-7-17(8-10-18)11-15(20)19(23-17)12-14-5-3-2-4-6-14/h2-6H,7-13H2,1H3. The highest BCUT2D eigenvalue weighted by Crippen LogP contribution is 2.37. The summed E-state index contributed by atoms with van der Waals surface area (Å²) in [7, 11) is 1.52. The van der Waals surface area contributed by atoms with E-state index in [2.05, 4.69) is 0 Å². The summed E-state index contributed by atoms with van der Waals surface area (Å²) in [5.74, 6) is 0.0123. The maximum absolute atomic E-state index is 12.3. The van der Waals surface area contributed by atoms with Gasteiger partial charge in [-0.25, -0.2) is 5.06 Å². The van der Waals surface area contributed by atoms with Crippen LogP contribution >= 0.6 is 0 Å². The van der Waals surface area contributed by atoms with Gasteiger partial charge in [-0.2, -0.15) is 0 Å². The normalized spacial score (nSPS) is 20.3. The molecule has 2 aliphatic heterocycles. The van der Waals surface area contributed by atoms with Gasteiger partial charge in [0.25, 0.3) is 0 Å². The number of hydrogen-bond acceptors (Lipinski definition) is 4. The second-order valence-corrected chi connectivity index (χ2v) is 6.18. The molecule has 0 radical (unpaired) electrons. The quantitative estimate of drug-likeness (QED) is 0.841. The molecule has 0 aliphatic carbocycles. The van der Waals surface area contributed by atoms with Gasteiger partial charge in [-0.05, 0) is 18.4 Å². The lowest BCUT2D eigenvalue weighted by atomic mass is 9.88. The molecular weight excluding hydrogens is 296 g/mol. The SMILES string of the molecule is COCC(=O)N1CCC2(CC1)CC(=O)N(Cc1ccccc1)O2. The van der Waals surface area contributed by atoms with Gasteiger partial charge < -0.3 is 9.64 Å². The Labute approximate surface area is 135 Å². The van der Waals surface area contributed by atoms with E-state index in [0.29, 0.717) is 38.9 Å². The summed E-state index contributed by atoms with van der Waals surface area (Å²) in [6.07, 6.45) is 1.76. The Bertz CT molecular complexity index is 567. The van der Waals surface area contributed by atoms with Crippen molar-refractivity contribution in [2.45, 2.75) is 31.4 Å². The van der Waals surface area contributed by atoms with E-state index in [9.17, 15) is 9.59 Å². The second kappa shape index (κ2) is 6.68. The number of hydroxylamine groups is 2. The van der Waals surface area contributed by atoms with E-state index in [1.54, 1.807) is 4.90 Å². The van der Waals surface area contributed by atoms with Gasteiger partial charge in [0.15, 0.2) is 0 Å². The van der Waals surface area contributed by atoms with Gasteiger partial charge >= 0.3 is 0 Å². The molecule has 3 rings (SSSR count). The lowest BCUT2D eigenvalue weighted by molar-refractivity contribution is -0.214. The number of methoxy groups -OCH3 is 1. The third kappa shape index (κ3) is 3.54. The molecule has 2 aliphatic rings. The molecule has 0 unspecified atom stereocenters. The lowest BCUT2D eigenvalue weighted by Gasteiger charge is -2.37. The molecule has 1 aromatic rings. The molecule has 0 saturated carbocycles. The number of hydrogen-bond donors (Lipinski definition) is 0. The zero-order chi connectivity index (χ0) is 16.3. The van der Waals surface area contributed by atoms with Crippen LogP contribution in [0.25, 0.3) is 0 Å². The molecular formula is C17H22N2O4. The predicted octanol–water partition coefficient (Wildman–Crippen LogP) is 1.36. The van der Waals surface area contributed by atoms with Crippen LogP contribution in [0.4, 0.5) is 0 Å². The Hall–Kier alpha value is -1.92. The Kier molecular flexibility index (Phi) is 4.63. The highest BCUT2D eigenvalue weighted by molar-refractivity contribution is 5.79. The molecule has 6 nitrogen and oxygen atoms in total. The molecule has 6 heteroatoms. The van der Waals surface area contributed by atoms with Crippen molar-refractivity contribution in [3.63, 3.8) is 0 Å². The minimum Gasteiger partial charge on any atom is -0.375 e. The monoisotopic (exact) mass is 318 g/mol. The number of rotatable bonds is 4. The molecule has 2 heterocycles. The zero-order valence-corrected chi connectivity index (χ0v) is 13.4. The Morgan fingerprint density at radius 3 is 2.61 bits per heavy atom. The average molecular weight is 318 g/mol. The first-order valence-corrected chi connectivity index (χ1v) is 7.92. The summed E-state index contributed by atoms with van der Waals surface area (Å²) in [5.41, 5.74) is 0.598. The highest BCUT2D eigenvalue weighted by atomic mass is 16.7. The smallest absolute Gasteiger partial charge is 0.249 e. The van der Waals surface area contributed by atoms with E-state index < -0.39 is 5.60 Å². The Balaban J connectivity index is 1.58. The molecule has 0 N–H and O–H groups in total. The van der Waals surface area contributed by atoms with Gasteiger partial charge in [0.1, 0.15) is 12.2 Å². The molecule has 23 heavy (non-hydrogen) atoms. The largest absolute Gasteiger partial charge is 0.375 e. The van der Waals surface area contributed by atoms with Crippen LogP contribution in [0.2, 0.25) is 0 Å². The number of benzene rings is 1. The van der Waals surface area contributed by atoms with Crippen molar-refractivity contribution in [1.82, 2.24) is 9.96 Å². The lowest BCUT2D eigenvalue weighted by Crippen LogP contribution is -2.47. The first-order valence-electron chi connectivity index (χ1n) is 7.92. The van der Waals surface area contributed by atoms with E-state index >= 15 is 0 Å². The number of nitrogens with zero attached hydrogens (tertiary/aromatic N) is 2. The molecule has 0 atom stereocenters. The van der Waals surface area contributed by atoms with Crippen LogP contribution in [0.1, 0.15) is 24.8 Å². The fraction of sp³-hybridized carbons (Fsp3) is 0.529. The molecule has 0 aromatic heterocycles. The third-order valence-electron chi connectivity index (χ3n) is 4.52. The molecule has 0 bridgehead atoms. The molecule has 2 amide bonds. The number of carbonyl (C=O) groups excluding carboxylic acids is 2. The number of likely N-dealkylation sites (tertiary alicyclic amines) is 1. The molecule has 124 valence electrons. The minimum absolute atomic E-state index is 0.00665. The molecule has 2 saturated heterocycles. The third-order valence-corrected chi connectivity index (χ3v) is 4.52. The van der Waals surface area contributed by atoms with Crippen molar-refractivity contribution in [2.24, 2.45) is 0 Å². The van der Waals surface area contributed by atoms with Crippen LogP contribution < -0.4 is 0 Å². The van der Waals surface area contributed by atoms with E-state index in [1.807, 2.05) is 30.3 Å². The highest BCUT2D eigenvalue weighted by Gasteiger charge is 2.47. The van der Waals surface area contributed by atoms with Crippen molar-refractivity contribution in [1.29, 1.82) is 0 Å². The summed E-state index contributed by atoms with van der Waals surface area (Å²) >= 11 is 0. The van der Waals surface area contributed by atoms with E-state index in [0.717, 1.165) is 5.56 Å². The van der Waals surface area contributed by atoms with Crippen molar-refractivity contribution in [2.75, 3.05) is 26.8 Å². The van der Waals surface area contributed by atoms with Crippen LogP contribution in [0.15, 0.2) is 30.3 Å². The first-order chi connectivity index (χ1) is 11.1. The van der Waals surface area contributed by atoms with Gasteiger partial charge in [0.05, 0.1) is 13.0 Å². The number of carbonyl (C=O) groups is 2. The maximum Gasteiger partial charge on any atom is 0.249 e. The summed E-state index contributed by atoms with van der Waals surface area (Å²) in [4.78, 5) is 31.9. The summed E-state index contributed by atoms with van der Waals surface area (Å²) in [6, 6.07) is 9.81. The number of ether oxygens (including phenoxy) is 1. The fourth-order valence-corrected chi connectivity index (χ4v) is 3.20. The Morgan fingerprint density at radius 2 is 1.96 bits per heavy atom. The first kappa shape index (κ1) is 16.0. The number of amides is 2. The van der Waals surface area contributed by atoms with E-state index in [-0.39, 0.29) is 18.4 Å². The maximum atomic E-state index is 12.3. The topological polar surface area (TPSA) is 59.1 Å². The van der Waals surface area contributed by atoms with Crippen LogP contribution in [0, 0.1) is 0 Å². The van der Waals surface area contributed by atoms with Crippen molar-refractivity contribution >= 4 is 11.8 Å². The predicted molar refractivity (Wildman–Crippen MR) is 83.1 cm³/mol. The molecule has 1 aromatic carbocycles.